The fraction of sp³-hybridized carbons (Fsp3) is 0.176. The van der Waals surface area contributed by atoms with E-state index in [1.165, 1.54) is 4.90 Å². The molecule has 0 aromatic heterocycles. The SMILES string of the molecule is Nc1cccc(CN[C@H]2CC(=O)N(c3ccc(I)cc3)C2=O)c1. The van der Waals surface area contributed by atoms with Gasteiger partial charge in [0.2, 0.25) is 5.91 Å². The molecule has 1 saturated heterocycles. The molecule has 118 valence electrons. The first-order chi connectivity index (χ1) is 11.0. The van der Waals surface area contributed by atoms with Gasteiger partial charge >= 0.3 is 0 Å². The summed E-state index contributed by atoms with van der Waals surface area (Å²) in [7, 11) is 0. The topological polar surface area (TPSA) is 75.4 Å². The van der Waals surface area contributed by atoms with Crippen LogP contribution in [0.1, 0.15) is 12.0 Å². The second-order valence-corrected chi connectivity index (χ2v) is 6.67. The molecule has 0 saturated carbocycles. The number of rotatable bonds is 4. The summed E-state index contributed by atoms with van der Waals surface area (Å²) in [4.78, 5) is 26.0. The number of anilines is 2. The third kappa shape index (κ3) is 3.53. The summed E-state index contributed by atoms with van der Waals surface area (Å²) < 4.78 is 1.06. The Bertz CT molecular complexity index is 746. The smallest absolute Gasteiger partial charge is 0.251 e. The number of nitrogens with zero attached hydrogens (tertiary/aromatic N) is 1. The Balaban J connectivity index is 1.70. The summed E-state index contributed by atoms with van der Waals surface area (Å²) in [5.74, 6) is -0.388. The molecular weight excluding hydrogens is 405 g/mol. The average molecular weight is 421 g/mol. The first kappa shape index (κ1) is 15.9. The highest BCUT2D eigenvalue weighted by Gasteiger charge is 2.39. The van der Waals surface area contributed by atoms with Gasteiger partial charge in [0.05, 0.1) is 18.2 Å². The van der Waals surface area contributed by atoms with Crippen LogP contribution in [0.2, 0.25) is 0 Å². The van der Waals surface area contributed by atoms with Crippen LogP contribution in [0.3, 0.4) is 0 Å². The first-order valence-corrected chi connectivity index (χ1v) is 8.32. The van der Waals surface area contributed by atoms with Crippen LogP contribution in [0.5, 0.6) is 0 Å². The molecule has 2 aromatic rings. The van der Waals surface area contributed by atoms with Gasteiger partial charge in [-0.3, -0.25) is 9.59 Å². The van der Waals surface area contributed by atoms with Crippen LogP contribution >= 0.6 is 22.6 Å². The second kappa shape index (κ2) is 6.67. The molecule has 6 heteroatoms. The minimum Gasteiger partial charge on any atom is -0.399 e. The first-order valence-electron chi connectivity index (χ1n) is 7.25. The lowest BCUT2D eigenvalue weighted by atomic mass is 10.2. The van der Waals surface area contributed by atoms with Gasteiger partial charge < -0.3 is 11.1 Å². The summed E-state index contributed by atoms with van der Waals surface area (Å²) in [6.07, 6.45) is 0.174. The Morgan fingerprint density at radius 3 is 2.61 bits per heavy atom. The van der Waals surface area contributed by atoms with Gasteiger partial charge in [0.15, 0.2) is 0 Å². The lowest BCUT2D eigenvalue weighted by Gasteiger charge is -2.15. The number of nitrogens with two attached hydrogens (primary N) is 1. The zero-order valence-electron chi connectivity index (χ0n) is 12.3. The largest absolute Gasteiger partial charge is 0.399 e. The van der Waals surface area contributed by atoms with Gasteiger partial charge in [0.1, 0.15) is 0 Å². The summed E-state index contributed by atoms with van der Waals surface area (Å²) in [5.41, 5.74) is 8.03. The summed E-state index contributed by atoms with van der Waals surface area (Å²) in [6, 6.07) is 14.3. The molecule has 3 rings (SSSR count). The molecule has 3 N–H and O–H groups in total. The highest BCUT2D eigenvalue weighted by atomic mass is 127. The molecular formula is C17H16IN3O2. The molecule has 2 amide bonds. The second-order valence-electron chi connectivity index (χ2n) is 5.43. The molecule has 5 nitrogen and oxygen atoms in total. The summed E-state index contributed by atoms with van der Waals surface area (Å²) in [5, 5.41) is 3.15. The van der Waals surface area contributed by atoms with Crippen molar-refractivity contribution < 1.29 is 9.59 Å². The number of hydrogen-bond donors (Lipinski definition) is 2. The molecule has 2 aromatic carbocycles. The van der Waals surface area contributed by atoms with Crippen LogP contribution in [0.25, 0.3) is 0 Å². The molecule has 1 aliphatic heterocycles. The molecule has 1 aliphatic rings. The monoisotopic (exact) mass is 421 g/mol. The van der Waals surface area contributed by atoms with Crippen molar-refractivity contribution in [2.45, 2.75) is 19.0 Å². The van der Waals surface area contributed by atoms with Gasteiger partial charge in [-0.25, -0.2) is 4.90 Å². The Morgan fingerprint density at radius 1 is 1.17 bits per heavy atom. The molecule has 1 atom stereocenters. The Morgan fingerprint density at radius 2 is 1.91 bits per heavy atom. The number of hydrogen-bond acceptors (Lipinski definition) is 4. The van der Waals surface area contributed by atoms with E-state index in [0.717, 1.165) is 9.13 Å². The lowest BCUT2D eigenvalue weighted by molar-refractivity contribution is -0.121. The van der Waals surface area contributed by atoms with Gasteiger partial charge in [-0.05, 0) is 64.6 Å². The van der Waals surface area contributed by atoms with Crippen molar-refractivity contribution in [1.82, 2.24) is 5.32 Å². The van der Waals surface area contributed by atoms with E-state index >= 15 is 0 Å². The zero-order chi connectivity index (χ0) is 16.4. The number of nitrogen functional groups attached to an aromatic ring is 1. The van der Waals surface area contributed by atoms with Gasteiger partial charge in [-0.15, -0.1) is 0 Å². The number of benzene rings is 2. The predicted octanol–water partition coefficient (Wildman–Crippen LogP) is 2.30. The van der Waals surface area contributed by atoms with Crippen LogP contribution in [0, 0.1) is 3.57 Å². The molecule has 0 spiro atoms. The predicted molar refractivity (Wildman–Crippen MR) is 97.8 cm³/mol. The number of amides is 2. The average Bonchev–Trinajstić information content (AvgIpc) is 2.81. The highest BCUT2D eigenvalue weighted by molar-refractivity contribution is 14.1. The Kier molecular flexibility index (Phi) is 4.63. The minimum absolute atomic E-state index is 0.174. The number of imide groups is 1. The van der Waals surface area contributed by atoms with Crippen LogP contribution in [0.15, 0.2) is 48.5 Å². The maximum atomic E-state index is 12.5. The molecule has 0 unspecified atom stereocenters. The fourth-order valence-corrected chi connectivity index (χ4v) is 2.96. The van der Waals surface area contributed by atoms with Gasteiger partial charge in [-0.1, -0.05) is 12.1 Å². The molecule has 1 fully saturated rings. The van der Waals surface area contributed by atoms with Crippen molar-refractivity contribution in [1.29, 1.82) is 0 Å². The van der Waals surface area contributed by atoms with Gasteiger partial charge in [0.25, 0.3) is 5.91 Å². The van der Waals surface area contributed by atoms with Gasteiger partial charge in [-0.2, -0.15) is 0 Å². The zero-order valence-corrected chi connectivity index (χ0v) is 14.5. The number of halogens is 1. The lowest BCUT2D eigenvalue weighted by Crippen LogP contribution is -2.38. The molecule has 23 heavy (non-hydrogen) atoms. The summed E-state index contributed by atoms with van der Waals surface area (Å²) in [6.45, 7) is 0.495. The normalized spacial score (nSPS) is 17.8. The Labute approximate surface area is 148 Å². The van der Waals surface area contributed by atoms with E-state index in [1.807, 2.05) is 36.4 Å². The standard InChI is InChI=1S/C17H16IN3O2/c18-12-4-6-14(7-5-12)21-16(22)9-15(17(21)23)20-10-11-2-1-3-13(19)8-11/h1-8,15,20H,9-10,19H2/t15-/m0/s1. The molecule has 0 bridgehead atoms. The van der Waals surface area contributed by atoms with Crippen molar-refractivity contribution in [3.05, 3.63) is 57.7 Å². The number of carbonyl (C=O) groups is 2. The number of carbonyl (C=O) groups excluding carboxylic acids is 2. The summed E-state index contributed by atoms with van der Waals surface area (Å²) >= 11 is 2.19. The van der Waals surface area contributed by atoms with E-state index in [-0.39, 0.29) is 18.2 Å². The molecule has 1 heterocycles. The van der Waals surface area contributed by atoms with Crippen molar-refractivity contribution in [3.8, 4) is 0 Å². The van der Waals surface area contributed by atoms with E-state index in [2.05, 4.69) is 27.9 Å². The number of nitrogens with one attached hydrogen (secondary N) is 1. The Hall–Kier alpha value is -1.93. The maximum Gasteiger partial charge on any atom is 0.251 e. The van der Waals surface area contributed by atoms with E-state index in [9.17, 15) is 9.59 Å². The van der Waals surface area contributed by atoms with Crippen LogP contribution in [-0.4, -0.2) is 17.9 Å². The fourth-order valence-electron chi connectivity index (χ4n) is 2.60. The maximum absolute atomic E-state index is 12.5. The van der Waals surface area contributed by atoms with E-state index in [1.54, 1.807) is 12.1 Å². The van der Waals surface area contributed by atoms with Crippen molar-refractivity contribution in [2.24, 2.45) is 0 Å². The quantitative estimate of drug-likeness (QED) is 0.452. The van der Waals surface area contributed by atoms with E-state index < -0.39 is 6.04 Å². The molecule has 0 aliphatic carbocycles. The third-order valence-electron chi connectivity index (χ3n) is 3.74. The van der Waals surface area contributed by atoms with E-state index in [4.69, 9.17) is 5.73 Å². The molecule has 0 radical (unpaired) electrons. The highest BCUT2D eigenvalue weighted by Crippen LogP contribution is 2.24. The van der Waals surface area contributed by atoms with Crippen LogP contribution < -0.4 is 16.0 Å². The van der Waals surface area contributed by atoms with Gasteiger partial charge in [0, 0.05) is 15.8 Å². The third-order valence-corrected chi connectivity index (χ3v) is 4.45. The van der Waals surface area contributed by atoms with Crippen molar-refractivity contribution >= 4 is 45.8 Å². The van der Waals surface area contributed by atoms with E-state index in [0.29, 0.717) is 17.9 Å². The van der Waals surface area contributed by atoms with Crippen molar-refractivity contribution in [3.63, 3.8) is 0 Å². The van der Waals surface area contributed by atoms with Crippen LogP contribution in [0.4, 0.5) is 11.4 Å². The van der Waals surface area contributed by atoms with Crippen molar-refractivity contribution in [2.75, 3.05) is 10.6 Å². The minimum atomic E-state index is -0.497. The van der Waals surface area contributed by atoms with Crippen LogP contribution in [-0.2, 0) is 16.1 Å².